The number of rotatable bonds is 7. The largest absolute Gasteiger partial charge is 0.389 e. The van der Waals surface area contributed by atoms with Gasteiger partial charge in [0.15, 0.2) is 0 Å². The van der Waals surface area contributed by atoms with E-state index in [9.17, 15) is 0 Å². The van der Waals surface area contributed by atoms with Crippen molar-refractivity contribution in [2.24, 2.45) is 5.73 Å². The van der Waals surface area contributed by atoms with Crippen molar-refractivity contribution >= 4 is 34.5 Å². The van der Waals surface area contributed by atoms with Crippen LogP contribution in [-0.2, 0) is 0 Å². The molecule has 0 radical (unpaired) electrons. The van der Waals surface area contributed by atoms with Gasteiger partial charge in [0.2, 0.25) is 0 Å². The summed E-state index contributed by atoms with van der Waals surface area (Å²) in [6, 6.07) is 5.94. The van der Waals surface area contributed by atoms with Crippen LogP contribution in [0.25, 0.3) is 0 Å². The number of hydrogen-bond donors (Lipinski definition) is 2. The summed E-state index contributed by atoms with van der Waals surface area (Å²) < 4.78 is 0. The van der Waals surface area contributed by atoms with Crippen LogP contribution in [0.2, 0.25) is 5.02 Å². The first-order valence-corrected chi connectivity index (χ1v) is 7.34. The van der Waals surface area contributed by atoms with Crippen molar-refractivity contribution in [3.63, 3.8) is 0 Å². The summed E-state index contributed by atoms with van der Waals surface area (Å²) >= 11 is 11.2. The number of hydrogen-bond acceptors (Lipinski definition) is 3. The molecule has 19 heavy (non-hydrogen) atoms. The molecule has 5 heteroatoms. The SMILES string of the molecule is CCN(CC)CC(C)Nc1ccc(C(N)=S)cc1Cl. The zero-order valence-corrected chi connectivity index (χ0v) is 13.3. The van der Waals surface area contributed by atoms with Crippen LogP contribution in [0, 0.1) is 0 Å². The molecule has 0 saturated carbocycles. The smallest absolute Gasteiger partial charge is 0.104 e. The summed E-state index contributed by atoms with van der Waals surface area (Å²) in [5.74, 6) is 0. The fourth-order valence-corrected chi connectivity index (χ4v) is 2.33. The van der Waals surface area contributed by atoms with Gasteiger partial charge in [-0.3, -0.25) is 0 Å². The standard InChI is InChI=1S/C14H22ClN3S/c1-4-18(5-2)9-10(3)17-13-7-6-11(14(16)19)8-12(13)15/h6-8,10,17H,4-5,9H2,1-3H3,(H2,16,19). The van der Waals surface area contributed by atoms with E-state index in [-0.39, 0.29) is 0 Å². The van der Waals surface area contributed by atoms with Gasteiger partial charge in [0.25, 0.3) is 0 Å². The van der Waals surface area contributed by atoms with Crippen molar-refractivity contribution in [3.8, 4) is 0 Å². The number of nitrogens with one attached hydrogen (secondary N) is 1. The van der Waals surface area contributed by atoms with Crippen molar-refractivity contribution < 1.29 is 0 Å². The van der Waals surface area contributed by atoms with Gasteiger partial charge < -0.3 is 16.0 Å². The van der Waals surface area contributed by atoms with Crippen LogP contribution in [0.5, 0.6) is 0 Å². The van der Waals surface area contributed by atoms with E-state index in [0.717, 1.165) is 30.9 Å². The van der Waals surface area contributed by atoms with E-state index in [1.165, 1.54) is 0 Å². The maximum Gasteiger partial charge on any atom is 0.104 e. The average Bonchev–Trinajstić information content (AvgIpc) is 2.38. The molecule has 1 aromatic rings. The van der Waals surface area contributed by atoms with Gasteiger partial charge in [-0.2, -0.15) is 0 Å². The molecule has 1 rings (SSSR count). The third-order valence-corrected chi connectivity index (χ3v) is 3.63. The van der Waals surface area contributed by atoms with E-state index in [1.54, 1.807) is 6.07 Å². The van der Waals surface area contributed by atoms with Crippen LogP contribution in [0.15, 0.2) is 18.2 Å². The second kappa shape index (κ2) is 7.68. The first-order valence-electron chi connectivity index (χ1n) is 6.56. The monoisotopic (exact) mass is 299 g/mol. The minimum atomic E-state index is 0.327. The molecule has 106 valence electrons. The minimum absolute atomic E-state index is 0.327. The number of thiocarbonyl (C=S) groups is 1. The normalized spacial score (nSPS) is 12.5. The number of nitrogens with two attached hydrogens (primary N) is 1. The molecule has 3 N–H and O–H groups in total. The van der Waals surface area contributed by atoms with Gasteiger partial charge in [0.05, 0.1) is 10.7 Å². The number of benzene rings is 1. The molecule has 0 saturated heterocycles. The van der Waals surface area contributed by atoms with E-state index in [1.807, 2.05) is 12.1 Å². The van der Waals surface area contributed by atoms with Gasteiger partial charge in [-0.25, -0.2) is 0 Å². The number of nitrogens with zero attached hydrogens (tertiary/aromatic N) is 1. The van der Waals surface area contributed by atoms with Crippen molar-refractivity contribution in [2.75, 3.05) is 25.0 Å². The zero-order chi connectivity index (χ0) is 14.4. The number of likely N-dealkylation sites (N-methyl/N-ethyl adjacent to an activating group) is 1. The first-order chi connectivity index (χ1) is 8.97. The van der Waals surface area contributed by atoms with E-state index in [4.69, 9.17) is 29.6 Å². The minimum Gasteiger partial charge on any atom is -0.389 e. The van der Waals surface area contributed by atoms with Gasteiger partial charge in [0, 0.05) is 18.2 Å². The van der Waals surface area contributed by atoms with E-state index >= 15 is 0 Å². The summed E-state index contributed by atoms with van der Waals surface area (Å²) in [4.78, 5) is 2.74. The van der Waals surface area contributed by atoms with Crippen LogP contribution in [-0.4, -0.2) is 35.6 Å². The Morgan fingerprint density at radius 2 is 2.05 bits per heavy atom. The lowest BCUT2D eigenvalue weighted by molar-refractivity contribution is 0.295. The third kappa shape index (κ3) is 4.97. The molecule has 0 aliphatic carbocycles. The second-order valence-corrected chi connectivity index (χ2v) is 5.44. The first kappa shape index (κ1) is 16.2. The van der Waals surface area contributed by atoms with E-state index < -0.39 is 0 Å². The fraction of sp³-hybridized carbons (Fsp3) is 0.500. The Morgan fingerprint density at radius 3 is 2.53 bits per heavy atom. The molecule has 0 fully saturated rings. The van der Waals surface area contributed by atoms with Crippen LogP contribution >= 0.6 is 23.8 Å². The third-order valence-electron chi connectivity index (χ3n) is 3.08. The Labute approximate surface area is 126 Å². The molecule has 1 aromatic carbocycles. The van der Waals surface area contributed by atoms with Crippen molar-refractivity contribution in [2.45, 2.75) is 26.8 Å². The molecule has 0 aliphatic heterocycles. The molecule has 0 aromatic heterocycles. The highest BCUT2D eigenvalue weighted by Gasteiger charge is 2.09. The highest BCUT2D eigenvalue weighted by atomic mass is 35.5. The van der Waals surface area contributed by atoms with Gasteiger partial charge >= 0.3 is 0 Å². The average molecular weight is 300 g/mol. The Kier molecular flexibility index (Phi) is 6.55. The van der Waals surface area contributed by atoms with E-state index in [2.05, 4.69) is 31.0 Å². The molecule has 0 spiro atoms. The summed E-state index contributed by atoms with van der Waals surface area (Å²) in [5, 5.41) is 4.07. The summed E-state index contributed by atoms with van der Waals surface area (Å²) in [6.07, 6.45) is 0. The van der Waals surface area contributed by atoms with Gasteiger partial charge in [0.1, 0.15) is 4.99 Å². The summed E-state index contributed by atoms with van der Waals surface area (Å²) in [6.45, 7) is 9.57. The second-order valence-electron chi connectivity index (χ2n) is 4.59. The summed E-state index contributed by atoms with van der Waals surface area (Å²) in [7, 11) is 0. The predicted molar refractivity (Wildman–Crippen MR) is 88.2 cm³/mol. The summed E-state index contributed by atoms with van der Waals surface area (Å²) in [5.41, 5.74) is 7.29. The Balaban J connectivity index is 2.69. The van der Waals surface area contributed by atoms with Gasteiger partial charge in [-0.05, 0) is 38.2 Å². The molecule has 0 aliphatic rings. The molecule has 1 unspecified atom stereocenters. The number of anilines is 1. The van der Waals surface area contributed by atoms with E-state index in [0.29, 0.717) is 16.1 Å². The van der Waals surface area contributed by atoms with Crippen LogP contribution in [0.1, 0.15) is 26.3 Å². The van der Waals surface area contributed by atoms with Crippen LogP contribution in [0.4, 0.5) is 5.69 Å². The molecule has 0 heterocycles. The molecule has 0 amide bonds. The van der Waals surface area contributed by atoms with Gasteiger partial charge in [-0.15, -0.1) is 0 Å². The lowest BCUT2D eigenvalue weighted by Gasteiger charge is -2.24. The van der Waals surface area contributed by atoms with Crippen LogP contribution in [0.3, 0.4) is 0 Å². The Morgan fingerprint density at radius 1 is 1.42 bits per heavy atom. The van der Waals surface area contributed by atoms with Crippen molar-refractivity contribution in [1.82, 2.24) is 4.90 Å². The van der Waals surface area contributed by atoms with Crippen molar-refractivity contribution in [1.29, 1.82) is 0 Å². The molecular weight excluding hydrogens is 278 g/mol. The lowest BCUT2D eigenvalue weighted by Crippen LogP contribution is -2.34. The number of halogens is 1. The topological polar surface area (TPSA) is 41.3 Å². The Bertz CT molecular complexity index is 433. The highest BCUT2D eigenvalue weighted by Crippen LogP contribution is 2.23. The fourth-order valence-electron chi connectivity index (χ4n) is 1.97. The molecular formula is C14H22ClN3S. The molecule has 1 atom stereocenters. The lowest BCUT2D eigenvalue weighted by atomic mass is 10.2. The predicted octanol–water partition coefficient (Wildman–Crippen LogP) is 3.12. The Hall–Kier alpha value is -0.840. The van der Waals surface area contributed by atoms with Crippen molar-refractivity contribution in [3.05, 3.63) is 28.8 Å². The highest BCUT2D eigenvalue weighted by molar-refractivity contribution is 7.80. The molecule has 3 nitrogen and oxygen atoms in total. The quantitative estimate of drug-likeness (QED) is 0.759. The van der Waals surface area contributed by atoms with Gasteiger partial charge in [-0.1, -0.05) is 37.7 Å². The maximum atomic E-state index is 6.23. The van der Waals surface area contributed by atoms with Crippen LogP contribution < -0.4 is 11.1 Å². The zero-order valence-electron chi connectivity index (χ0n) is 11.7. The maximum absolute atomic E-state index is 6.23. The molecule has 0 bridgehead atoms.